The minimum absolute atomic E-state index is 0.202. The Morgan fingerprint density at radius 1 is 1.70 bits per heavy atom. The van der Waals surface area contributed by atoms with Crippen LogP contribution in [-0.2, 0) is 0 Å². The van der Waals surface area contributed by atoms with Gasteiger partial charge in [0.15, 0.2) is 5.84 Å². The number of amidine groups is 1. The number of hydrogen-bond donors (Lipinski definition) is 2. The molecule has 8 heteroatoms. The molecule has 0 aliphatic carbocycles. The van der Waals surface area contributed by atoms with Gasteiger partial charge in [-0.1, -0.05) is 25.4 Å². The number of oxime groups is 1. The minimum atomic E-state index is -0.570. The van der Waals surface area contributed by atoms with E-state index in [1.807, 2.05) is 11.9 Å². The van der Waals surface area contributed by atoms with Crippen LogP contribution in [-0.4, -0.2) is 34.5 Å². The van der Waals surface area contributed by atoms with Crippen molar-refractivity contribution in [2.75, 3.05) is 18.5 Å². The van der Waals surface area contributed by atoms with E-state index in [1.165, 1.54) is 6.07 Å². The number of anilines is 1. The number of nitro groups is 1. The molecule has 3 N–H and O–H groups in total. The number of aromatic nitrogens is 1. The second kappa shape index (κ2) is 6.69. The fourth-order valence-electron chi connectivity index (χ4n) is 1.78. The van der Waals surface area contributed by atoms with Gasteiger partial charge in [-0.15, -0.1) is 0 Å². The Labute approximate surface area is 117 Å². The molecule has 0 saturated heterocycles. The number of pyridine rings is 1. The molecule has 1 atom stereocenters. The topological polar surface area (TPSA) is 118 Å². The lowest BCUT2D eigenvalue weighted by molar-refractivity contribution is -0.385. The molecule has 0 amide bonds. The second-order valence-corrected chi connectivity index (χ2v) is 4.70. The van der Waals surface area contributed by atoms with Crippen LogP contribution in [0.1, 0.15) is 25.8 Å². The maximum atomic E-state index is 10.8. The quantitative estimate of drug-likeness (QED) is 0.268. The number of nitrogens with two attached hydrogens (primary N) is 1. The largest absolute Gasteiger partial charge is 0.409 e. The molecule has 1 aromatic heterocycles. The summed E-state index contributed by atoms with van der Waals surface area (Å²) >= 11 is 0. The molecule has 8 nitrogen and oxygen atoms in total. The zero-order chi connectivity index (χ0) is 15.3. The zero-order valence-electron chi connectivity index (χ0n) is 11.8. The summed E-state index contributed by atoms with van der Waals surface area (Å²) in [7, 11) is 1.81. The van der Waals surface area contributed by atoms with E-state index in [2.05, 4.69) is 24.0 Å². The summed E-state index contributed by atoms with van der Waals surface area (Å²) in [5, 5.41) is 22.5. The monoisotopic (exact) mass is 281 g/mol. The fourth-order valence-corrected chi connectivity index (χ4v) is 1.78. The Morgan fingerprint density at radius 2 is 2.35 bits per heavy atom. The molecule has 1 aromatic rings. The van der Waals surface area contributed by atoms with Crippen LogP contribution >= 0.6 is 0 Å². The van der Waals surface area contributed by atoms with Crippen molar-refractivity contribution in [1.29, 1.82) is 0 Å². The van der Waals surface area contributed by atoms with E-state index in [0.29, 0.717) is 18.3 Å². The van der Waals surface area contributed by atoms with E-state index in [-0.39, 0.29) is 17.1 Å². The van der Waals surface area contributed by atoms with Gasteiger partial charge in [-0.25, -0.2) is 4.98 Å². The van der Waals surface area contributed by atoms with Gasteiger partial charge in [0.2, 0.25) is 0 Å². The summed E-state index contributed by atoms with van der Waals surface area (Å²) in [4.78, 5) is 16.1. The van der Waals surface area contributed by atoms with Crippen molar-refractivity contribution in [3.05, 3.63) is 27.9 Å². The molecule has 0 aliphatic heterocycles. The molecule has 0 fully saturated rings. The van der Waals surface area contributed by atoms with Crippen LogP contribution in [0.5, 0.6) is 0 Å². The van der Waals surface area contributed by atoms with Gasteiger partial charge >= 0.3 is 0 Å². The van der Waals surface area contributed by atoms with Gasteiger partial charge < -0.3 is 15.8 Å². The standard InChI is InChI=1S/C12H19N5O3/c1-4-8(2)7-16(3)12-10(11(13)15-18)5-9(6-14-12)17(19)20/h5-6,8,18H,4,7H2,1-3H3,(H2,13,15). The Bertz CT molecular complexity index is 518. The summed E-state index contributed by atoms with van der Waals surface area (Å²) in [6.07, 6.45) is 2.16. The first-order chi connectivity index (χ1) is 9.40. The molecule has 0 spiro atoms. The van der Waals surface area contributed by atoms with Crippen molar-refractivity contribution in [2.24, 2.45) is 16.8 Å². The average Bonchev–Trinajstić information content (AvgIpc) is 2.45. The van der Waals surface area contributed by atoms with E-state index >= 15 is 0 Å². The van der Waals surface area contributed by atoms with Gasteiger partial charge in [0, 0.05) is 19.7 Å². The average molecular weight is 281 g/mol. The zero-order valence-corrected chi connectivity index (χ0v) is 11.8. The van der Waals surface area contributed by atoms with Crippen molar-refractivity contribution >= 4 is 17.3 Å². The molecular weight excluding hydrogens is 262 g/mol. The third kappa shape index (κ3) is 3.56. The number of hydrogen-bond acceptors (Lipinski definition) is 6. The van der Waals surface area contributed by atoms with Gasteiger partial charge in [-0.3, -0.25) is 10.1 Å². The van der Waals surface area contributed by atoms with Gasteiger partial charge in [0.05, 0.1) is 10.5 Å². The van der Waals surface area contributed by atoms with Crippen LogP contribution in [0.2, 0.25) is 0 Å². The summed E-state index contributed by atoms with van der Waals surface area (Å²) in [5.74, 6) is 0.676. The minimum Gasteiger partial charge on any atom is -0.409 e. The predicted octanol–water partition coefficient (Wildman–Crippen LogP) is 1.57. The van der Waals surface area contributed by atoms with Crippen molar-refractivity contribution in [3.8, 4) is 0 Å². The summed E-state index contributed by atoms with van der Waals surface area (Å²) < 4.78 is 0. The lowest BCUT2D eigenvalue weighted by atomic mass is 10.1. The van der Waals surface area contributed by atoms with Crippen LogP contribution in [0.15, 0.2) is 17.4 Å². The Balaban J connectivity index is 3.21. The van der Waals surface area contributed by atoms with Crippen LogP contribution in [0.25, 0.3) is 0 Å². The first kappa shape index (κ1) is 15.7. The summed E-state index contributed by atoms with van der Waals surface area (Å²) in [6, 6.07) is 1.25. The molecule has 1 rings (SSSR count). The SMILES string of the molecule is CCC(C)CN(C)c1ncc([N+](=O)[O-])cc1C(N)=NO. The smallest absolute Gasteiger partial charge is 0.288 e. The van der Waals surface area contributed by atoms with Gasteiger partial charge in [0.25, 0.3) is 5.69 Å². The molecule has 0 radical (unpaired) electrons. The van der Waals surface area contributed by atoms with Gasteiger partial charge in [-0.2, -0.15) is 0 Å². The highest BCUT2D eigenvalue weighted by Crippen LogP contribution is 2.22. The molecule has 0 aliphatic rings. The highest BCUT2D eigenvalue weighted by atomic mass is 16.6. The van der Waals surface area contributed by atoms with E-state index in [4.69, 9.17) is 10.9 Å². The molecule has 0 bridgehead atoms. The first-order valence-electron chi connectivity index (χ1n) is 6.24. The molecule has 110 valence electrons. The van der Waals surface area contributed by atoms with Crippen LogP contribution in [0.4, 0.5) is 11.5 Å². The van der Waals surface area contributed by atoms with E-state index in [9.17, 15) is 10.1 Å². The van der Waals surface area contributed by atoms with Crippen molar-refractivity contribution in [1.82, 2.24) is 4.98 Å². The van der Waals surface area contributed by atoms with Gasteiger partial charge in [-0.05, 0) is 5.92 Å². The lowest BCUT2D eigenvalue weighted by Crippen LogP contribution is -2.28. The Kier molecular flexibility index (Phi) is 5.24. The summed E-state index contributed by atoms with van der Waals surface area (Å²) in [6.45, 7) is 4.88. The van der Waals surface area contributed by atoms with E-state index in [0.717, 1.165) is 12.6 Å². The second-order valence-electron chi connectivity index (χ2n) is 4.70. The Hall–Kier alpha value is -2.38. The summed E-state index contributed by atoms with van der Waals surface area (Å²) in [5.41, 5.74) is 5.62. The van der Waals surface area contributed by atoms with Crippen LogP contribution < -0.4 is 10.6 Å². The molecule has 0 aromatic carbocycles. The maximum Gasteiger partial charge on any atom is 0.288 e. The fraction of sp³-hybridized carbons (Fsp3) is 0.500. The first-order valence-corrected chi connectivity index (χ1v) is 6.24. The molecule has 20 heavy (non-hydrogen) atoms. The maximum absolute atomic E-state index is 10.8. The van der Waals surface area contributed by atoms with E-state index in [1.54, 1.807) is 0 Å². The van der Waals surface area contributed by atoms with Gasteiger partial charge in [0.1, 0.15) is 12.0 Å². The van der Waals surface area contributed by atoms with E-state index < -0.39 is 4.92 Å². The highest BCUT2D eigenvalue weighted by Gasteiger charge is 2.19. The third-order valence-corrected chi connectivity index (χ3v) is 3.09. The highest BCUT2D eigenvalue weighted by molar-refractivity contribution is 6.01. The van der Waals surface area contributed by atoms with Crippen molar-refractivity contribution in [2.45, 2.75) is 20.3 Å². The Morgan fingerprint density at radius 3 is 2.85 bits per heavy atom. The number of rotatable bonds is 6. The molecule has 1 unspecified atom stereocenters. The lowest BCUT2D eigenvalue weighted by Gasteiger charge is -2.23. The van der Waals surface area contributed by atoms with Crippen molar-refractivity contribution < 1.29 is 10.1 Å². The molecule has 1 heterocycles. The molecular formula is C12H19N5O3. The van der Waals surface area contributed by atoms with Crippen LogP contribution in [0.3, 0.4) is 0 Å². The van der Waals surface area contributed by atoms with Crippen molar-refractivity contribution in [3.63, 3.8) is 0 Å². The molecule has 0 saturated carbocycles. The predicted molar refractivity (Wildman–Crippen MR) is 76.1 cm³/mol. The third-order valence-electron chi connectivity index (χ3n) is 3.09. The number of nitrogens with zero attached hydrogens (tertiary/aromatic N) is 4. The normalized spacial score (nSPS) is 13.1. The van der Waals surface area contributed by atoms with Crippen LogP contribution in [0, 0.1) is 16.0 Å².